The van der Waals surface area contributed by atoms with Crippen molar-refractivity contribution in [2.24, 2.45) is 4.99 Å². The average molecular weight is 472 g/mol. The number of rotatable bonds is 6. The first-order valence-corrected chi connectivity index (χ1v) is 12.4. The van der Waals surface area contributed by atoms with Gasteiger partial charge in [-0.15, -0.1) is 0 Å². The van der Waals surface area contributed by atoms with Crippen LogP contribution in [0, 0.1) is 5.82 Å². The van der Waals surface area contributed by atoms with Crippen molar-refractivity contribution in [1.29, 1.82) is 0 Å². The van der Waals surface area contributed by atoms with E-state index in [0.717, 1.165) is 43.6 Å². The largest absolute Gasteiger partial charge is 0.369 e. The van der Waals surface area contributed by atoms with Gasteiger partial charge in [0, 0.05) is 19.6 Å². The van der Waals surface area contributed by atoms with E-state index in [2.05, 4.69) is 17.0 Å². The normalized spacial score (nSPS) is 18.4. The molecule has 5 rings (SSSR count). The summed E-state index contributed by atoms with van der Waals surface area (Å²) in [5.74, 6) is -0.342. The van der Waals surface area contributed by atoms with E-state index >= 15 is 0 Å². The van der Waals surface area contributed by atoms with Gasteiger partial charge in [-0.3, -0.25) is 9.69 Å². The van der Waals surface area contributed by atoms with Crippen molar-refractivity contribution in [1.82, 2.24) is 4.90 Å². The monoisotopic (exact) mass is 471 g/mol. The molecule has 0 aliphatic carbocycles. The molecule has 3 aromatic carbocycles. The van der Waals surface area contributed by atoms with E-state index in [9.17, 15) is 9.18 Å². The van der Waals surface area contributed by atoms with Gasteiger partial charge >= 0.3 is 0 Å². The van der Waals surface area contributed by atoms with Crippen molar-refractivity contribution in [3.8, 4) is 0 Å². The fourth-order valence-electron chi connectivity index (χ4n) is 4.27. The number of thioether (sulfide) groups is 1. The minimum Gasteiger partial charge on any atom is -0.369 e. The third kappa shape index (κ3) is 5.07. The fraction of sp³-hybridized carbons (Fsp3) is 0.214. The van der Waals surface area contributed by atoms with Crippen molar-refractivity contribution in [3.05, 3.63) is 101 Å². The molecule has 0 atom stereocenters. The van der Waals surface area contributed by atoms with E-state index in [1.807, 2.05) is 60.7 Å². The van der Waals surface area contributed by atoms with Gasteiger partial charge in [-0.2, -0.15) is 0 Å². The quantitative estimate of drug-likeness (QED) is 0.398. The van der Waals surface area contributed by atoms with Crippen molar-refractivity contribution in [2.75, 3.05) is 24.5 Å². The Balaban J connectivity index is 1.41. The zero-order valence-corrected chi connectivity index (χ0v) is 19.7. The van der Waals surface area contributed by atoms with Crippen LogP contribution in [-0.4, -0.2) is 35.6 Å². The Bertz CT molecular complexity index is 1220. The van der Waals surface area contributed by atoms with Crippen LogP contribution in [-0.2, 0) is 11.2 Å². The maximum Gasteiger partial charge on any atom is 0.266 e. The molecule has 1 amide bonds. The van der Waals surface area contributed by atoms with Crippen LogP contribution in [0.25, 0.3) is 6.08 Å². The fourth-order valence-corrected chi connectivity index (χ4v) is 5.29. The maximum absolute atomic E-state index is 14.8. The van der Waals surface area contributed by atoms with E-state index in [1.165, 1.54) is 17.8 Å². The second-order valence-electron chi connectivity index (χ2n) is 8.44. The summed E-state index contributed by atoms with van der Waals surface area (Å²) in [7, 11) is 0. The lowest BCUT2D eigenvalue weighted by atomic mass is 10.1. The van der Waals surface area contributed by atoms with Crippen LogP contribution in [0.2, 0.25) is 0 Å². The molecular formula is C28H26FN3OS. The number of aliphatic imine (C=N–C) groups is 1. The first kappa shape index (κ1) is 22.4. The van der Waals surface area contributed by atoms with Crippen LogP contribution in [0.3, 0.4) is 0 Å². The number of carbonyl (C=O) groups is 1. The Morgan fingerprint density at radius 1 is 0.941 bits per heavy atom. The van der Waals surface area contributed by atoms with Gasteiger partial charge in [0.15, 0.2) is 5.17 Å². The lowest BCUT2D eigenvalue weighted by Gasteiger charge is -2.18. The van der Waals surface area contributed by atoms with Crippen molar-refractivity contribution in [2.45, 2.75) is 19.3 Å². The highest BCUT2D eigenvalue weighted by molar-refractivity contribution is 8.18. The van der Waals surface area contributed by atoms with Crippen LogP contribution in [0.4, 0.5) is 15.8 Å². The lowest BCUT2D eigenvalue weighted by Crippen LogP contribution is -2.31. The highest BCUT2D eigenvalue weighted by Gasteiger charge is 2.33. The van der Waals surface area contributed by atoms with Gasteiger partial charge in [0.1, 0.15) is 5.82 Å². The first-order valence-electron chi connectivity index (χ1n) is 11.6. The zero-order valence-electron chi connectivity index (χ0n) is 18.9. The van der Waals surface area contributed by atoms with Gasteiger partial charge in [-0.25, -0.2) is 9.38 Å². The second-order valence-corrected chi connectivity index (χ2v) is 9.45. The molecule has 0 aromatic heterocycles. The summed E-state index contributed by atoms with van der Waals surface area (Å²) in [5, 5.41) is 0.646. The summed E-state index contributed by atoms with van der Waals surface area (Å²) in [6, 6.07) is 25.0. The first-order chi connectivity index (χ1) is 16.7. The Labute approximate surface area is 203 Å². The van der Waals surface area contributed by atoms with Gasteiger partial charge in [0.2, 0.25) is 0 Å². The van der Waals surface area contributed by atoms with Crippen LogP contribution >= 0.6 is 11.8 Å². The topological polar surface area (TPSA) is 35.9 Å². The average Bonchev–Trinajstić information content (AvgIpc) is 3.48. The molecule has 6 heteroatoms. The highest BCUT2D eigenvalue weighted by atomic mass is 32.2. The number of amides is 1. The molecule has 2 aliphatic heterocycles. The number of hydrogen-bond acceptors (Lipinski definition) is 4. The molecule has 172 valence electrons. The molecule has 3 aromatic rings. The molecular weight excluding hydrogens is 445 g/mol. The Kier molecular flexibility index (Phi) is 6.77. The summed E-state index contributed by atoms with van der Waals surface area (Å²) >= 11 is 1.34. The molecule has 2 saturated heterocycles. The number of nitrogens with zero attached hydrogens (tertiary/aromatic N) is 3. The number of halogens is 1. The van der Waals surface area contributed by atoms with Crippen LogP contribution in [0.15, 0.2) is 88.8 Å². The summed E-state index contributed by atoms with van der Waals surface area (Å²) in [4.78, 5) is 22.4. The van der Waals surface area contributed by atoms with E-state index in [-0.39, 0.29) is 11.7 Å². The van der Waals surface area contributed by atoms with Crippen LogP contribution in [0.5, 0.6) is 0 Å². The standard InChI is InChI=1S/C28H26FN3OS/c29-24-19-22(13-14-25(24)31-16-7-8-17-31)20-26-27(33)32(18-15-21-9-3-1-4-10-21)28(34-26)30-23-11-5-2-6-12-23/h1-6,9-14,19-20H,7-8,15-18H2/b26-20-,30-28?. The van der Waals surface area contributed by atoms with Gasteiger partial charge in [0.05, 0.1) is 16.3 Å². The molecule has 2 heterocycles. The van der Waals surface area contributed by atoms with Crippen LogP contribution in [0.1, 0.15) is 24.0 Å². The number of carbonyl (C=O) groups excluding carboxylic acids is 1. The number of amidine groups is 1. The summed E-state index contributed by atoms with van der Waals surface area (Å²) < 4.78 is 14.8. The third-order valence-electron chi connectivity index (χ3n) is 6.05. The molecule has 2 fully saturated rings. The van der Waals surface area contributed by atoms with Gasteiger partial charge < -0.3 is 4.90 Å². The van der Waals surface area contributed by atoms with Crippen molar-refractivity contribution < 1.29 is 9.18 Å². The third-order valence-corrected chi connectivity index (χ3v) is 7.06. The minimum atomic E-state index is -0.245. The lowest BCUT2D eigenvalue weighted by molar-refractivity contribution is -0.122. The Hall–Kier alpha value is -3.38. The molecule has 2 aliphatic rings. The minimum absolute atomic E-state index is 0.0976. The van der Waals surface area contributed by atoms with E-state index in [0.29, 0.717) is 27.9 Å². The predicted octanol–water partition coefficient (Wildman–Crippen LogP) is 6.27. The number of benzene rings is 3. The van der Waals surface area contributed by atoms with Gasteiger partial charge in [0.25, 0.3) is 5.91 Å². The van der Waals surface area contributed by atoms with E-state index in [1.54, 1.807) is 11.0 Å². The summed E-state index contributed by atoms with van der Waals surface area (Å²) in [6.45, 7) is 2.31. The molecule has 0 N–H and O–H groups in total. The van der Waals surface area contributed by atoms with Gasteiger partial charge in [-0.1, -0.05) is 54.6 Å². The molecule has 34 heavy (non-hydrogen) atoms. The predicted molar refractivity (Wildman–Crippen MR) is 139 cm³/mol. The molecule has 0 bridgehead atoms. The number of hydrogen-bond donors (Lipinski definition) is 0. The van der Waals surface area contributed by atoms with Crippen LogP contribution < -0.4 is 4.90 Å². The molecule has 0 saturated carbocycles. The maximum atomic E-state index is 14.8. The SMILES string of the molecule is O=C1/C(=C/c2ccc(N3CCCC3)c(F)c2)SC(=Nc2ccccc2)N1CCc1ccccc1. The Morgan fingerprint density at radius 2 is 1.65 bits per heavy atom. The molecule has 0 spiro atoms. The number of anilines is 1. The van der Waals surface area contributed by atoms with E-state index in [4.69, 9.17) is 4.99 Å². The summed E-state index contributed by atoms with van der Waals surface area (Å²) in [6.07, 6.45) is 4.69. The number of para-hydroxylation sites is 1. The molecule has 0 radical (unpaired) electrons. The molecule has 0 unspecified atom stereocenters. The highest BCUT2D eigenvalue weighted by Crippen LogP contribution is 2.35. The van der Waals surface area contributed by atoms with Crippen molar-refractivity contribution in [3.63, 3.8) is 0 Å². The molecule has 4 nitrogen and oxygen atoms in total. The van der Waals surface area contributed by atoms with Crippen molar-refractivity contribution >= 4 is 40.3 Å². The van der Waals surface area contributed by atoms with Gasteiger partial charge in [-0.05, 0) is 72.5 Å². The smallest absolute Gasteiger partial charge is 0.266 e. The van der Waals surface area contributed by atoms with E-state index < -0.39 is 0 Å². The Morgan fingerprint density at radius 3 is 2.35 bits per heavy atom. The zero-order chi connectivity index (χ0) is 23.3. The second kappa shape index (κ2) is 10.3. The summed E-state index contributed by atoms with van der Waals surface area (Å²) in [5.41, 5.74) is 3.28.